The molecule has 1 saturated carbocycles. The first-order valence-corrected chi connectivity index (χ1v) is 15.5. The number of hydrogen-bond donors (Lipinski definition) is 0. The van der Waals surface area contributed by atoms with Crippen molar-refractivity contribution in [3.63, 3.8) is 0 Å². The van der Waals surface area contributed by atoms with Crippen molar-refractivity contribution in [3.05, 3.63) is 54.3 Å². The summed E-state index contributed by atoms with van der Waals surface area (Å²) in [6.07, 6.45) is 15.3. The van der Waals surface area contributed by atoms with Gasteiger partial charge in [0.15, 0.2) is 8.32 Å². The van der Waals surface area contributed by atoms with E-state index in [0.29, 0.717) is 0 Å². The van der Waals surface area contributed by atoms with E-state index in [9.17, 15) is 0 Å². The van der Waals surface area contributed by atoms with Crippen LogP contribution in [0.5, 0.6) is 0 Å². The fourth-order valence-electron chi connectivity index (χ4n) is 3.75. The largest absolute Gasteiger partial charge is 0.411 e. The first kappa shape index (κ1) is 24.4. The molecular weight excluding hydrogens is 384 g/mol. The first-order chi connectivity index (χ1) is 13.7. The minimum absolute atomic E-state index is 0.187. The second-order valence-corrected chi connectivity index (χ2v) is 16.4. The van der Waals surface area contributed by atoms with Crippen LogP contribution in [0.1, 0.15) is 72.1 Å². The van der Waals surface area contributed by atoms with Crippen LogP contribution in [0.25, 0.3) is 0 Å². The van der Waals surface area contributed by atoms with Gasteiger partial charge in [-0.05, 0) is 56.2 Å². The lowest BCUT2D eigenvalue weighted by atomic mass is 9.89. The molecule has 0 spiro atoms. The number of rotatable bonds is 10. The van der Waals surface area contributed by atoms with Gasteiger partial charge in [0.25, 0.3) is 0 Å². The van der Waals surface area contributed by atoms with Gasteiger partial charge in [0.1, 0.15) is 9.52 Å². The Morgan fingerprint density at radius 2 is 1.83 bits per heavy atom. The Morgan fingerprint density at radius 3 is 2.41 bits per heavy atom. The molecule has 1 atom stereocenters. The normalized spacial score (nSPS) is 17.9. The third kappa shape index (κ3) is 8.39. The second kappa shape index (κ2) is 11.5. The summed E-state index contributed by atoms with van der Waals surface area (Å²) in [5.74, 6) is 0.800. The minimum Gasteiger partial charge on any atom is -0.411 e. The van der Waals surface area contributed by atoms with E-state index in [4.69, 9.17) is 4.43 Å². The van der Waals surface area contributed by atoms with Crippen molar-refractivity contribution in [2.24, 2.45) is 5.92 Å². The van der Waals surface area contributed by atoms with Gasteiger partial charge >= 0.3 is 0 Å². The molecule has 1 aromatic rings. The lowest BCUT2D eigenvalue weighted by Gasteiger charge is -2.38. The van der Waals surface area contributed by atoms with Crippen LogP contribution in [0.4, 0.5) is 0 Å². The van der Waals surface area contributed by atoms with Crippen molar-refractivity contribution in [3.8, 4) is 0 Å². The van der Waals surface area contributed by atoms with Crippen molar-refractivity contribution in [1.82, 2.24) is 0 Å². The van der Waals surface area contributed by atoms with Crippen molar-refractivity contribution in [1.29, 1.82) is 0 Å². The highest BCUT2D eigenvalue weighted by Gasteiger charge is 2.38. The van der Waals surface area contributed by atoms with Crippen molar-refractivity contribution in [2.75, 3.05) is 0 Å². The van der Waals surface area contributed by atoms with Crippen LogP contribution in [0.3, 0.4) is 0 Å². The summed E-state index contributed by atoms with van der Waals surface area (Å²) in [6.45, 7) is 15.7. The standard InChI is InChI=1S/C26H42OSi2/c1-7-23(27-29(5,6)26(2,3)4)17-14-20-25(21-22-15-10-8-11-16-22)28-24-18-12-9-13-19-24/h7,9,12-13,18-19,21-23H,1,8,10-11,14-17,20H2,2-6H3/b25-21+. The average Bonchev–Trinajstić information content (AvgIpc) is 2.67. The molecule has 0 aliphatic heterocycles. The monoisotopic (exact) mass is 426 g/mol. The quantitative estimate of drug-likeness (QED) is 0.283. The van der Waals surface area contributed by atoms with Crippen LogP contribution >= 0.6 is 0 Å². The number of benzene rings is 1. The van der Waals surface area contributed by atoms with Crippen LogP contribution in [-0.4, -0.2) is 23.9 Å². The molecule has 0 amide bonds. The minimum atomic E-state index is -1.75. The third-order valence-electron chi connectivity index (χ3n) is 6.62. The molecule has 29 heavy (non-hydrogen) atoms. The van der Waals surface area contributed by atoms with Crippen molar-refractivity contribution in [2.45, 2.75) is 96.4 Å². The van der Waals surface area contributed by atoms with Gasteiger partial charge in [-0.3, -0.25) is 0 Å². The van der Waals surface area contributed by atoms with Gasteiger partial charge in [0.05, 0.1) is 6.10 Å². The van der Waals surface area contributed by atoms with Crippen LogP contribution < -0.4 is 5.19 Å². The molecule has 0 bridgehead atoms. The molecular formula is C26H42OSi2. The van der Waals surface area contributed by atoms with E-state index in [0.717, 1.165) is 21.9 Å². The Hall–Kier alpha value is -0.906. The predicted octanol–water partition coefficient (Wildman–Crippen LogP) is 7.23. The van der Waals surface area contributed by atoms with Crippen LogP contribution in [0.15, 0.2) is 54.3 Å². The van der Waals surface area contributed by atoms with E-state index in [1.54, 1.807) is 5.20 Å². The lowest BCUT2D eigenvalue weighted by molar-refractivity contribution is 0.212. The van der Waals surface area contributed by atoms with Crippen LogP contribution in [-0.2, 0) is 4.43 Å². The molecule has 0 heterocycles. The Bertz CT molecular complexity index is 636. The Morgan fingerprint density at radius 1 is 1.17 bits per heavy atom. The highest BCUT2D eigenvalue weighted by atomic mass is 28.4. The molecule has 3 heteroatoms. The summed E-state index contributed by atoms with van der Waals surface area (Å²) in [7, 11) is -0.938. The molecule has 1 unspecified atom stereocenters. The lowest BCUT2D eigenvalue weighted by Crippen LogP contribution is -2.43. The van der Waals surface area contributed by atoms with E-state index < -0.39 is 8.32 Å². The highest BCUT2D eigenvalue weighted by molar-refractivity contribution is 6.74. The van der Waals surface area contributed by atoms with Gasteiger partial charge < -0.3 is 4.43 Å². The Kier molecular flexibility index (Phi) is 9.64. The second-order valence-electron chi connectivity index (χ2n) is 10.1. The van der Waals surface area contributed by atoms with Crippen molar-refractivity contribution >= 4 is 23.0 Å². The Labute approximate surface area is 184 Å². The molecule has 160 valence electrons. The molecule has 0 aromatic heterocycles. The zero-order chi connectivity index (χ0) is 21.3. The highest BCUT2D eigenvalue weighted by Crippen LogP contribution is 2.38. The van der Waals surface area contributed by atoms with Crippen LogP contribution in [0.2, 0.25) is 18.1 Å². The molecule has 2 rings (SSSR count). The van der Waals surface area contributed by atoms with Gasteiger partial charge in [-0.1, -0.05) is 92.9 Å². The van der Waals surface area contributed by atoms with E-state index in [1.807, 2.05) is 6.08 Å². The maximum atomic E-state index is 6.61. The smallest absolute Gasteiger partial charge is 0.192 e. The molecule has 1 aliphatic carbocycles. The van der Waals surface area contributed by atoms with E-state index in [-0.39, 0.29) is 11.1 Å². The summed E-state index contributed by atoms with van der Waals surface area (Å²) in [4.78, 5) is 0. The van der Waals surface area contributed by atoms with Crippen molar-refractivity contribution < 1.29 is 4.43 Å². The number of hydrogen-bond acceptors (Lipinski definition) is 1. The maximum Gasteiger partial charge on any atom is 0.192 e. The Balaban J connectivity index is 1.97. The zero-order valence-electron chi connectivity index (χ0n) is 19.5. The summed E-state index contributed by atoms with van der Waals surface area (Å²) in [5, 5.41) is 3.36. The topological polar surface area (TPSA) is 9.23 Å². The average molecular weight is 427 g/mol. The summed E-state index contributed by atoms with van der Waals surface area (Å²) in [6, 6.07) is 11.0. The van der Waals surface area contributed by atoms with Crippen LogP contribution in [0, 0.1) is 5.92 Å². The maximum absolute atomic E-state index is 6.61. The molecule has 1 fully saturated rings. The van der Waals surface area contributed by atoms with Gasteiger partial charge in [0, 0.05) is 0 Å². The predicted molar refractivity (Wildman–Crippen MR) is 133 cm³/mol. The fourth-order valence-corrected chi connectivity index (χ4v) is 6.43. The molecule has 2 radical (unpaired) electrons. The first-order valence-electron chi connectivity index (χ1n) is 11.5. The number of allylic oxidation sites excluding steroid dienone is 2. The van der Waals surface area contributed by atoms with Gasteiger partial charge in [-0.15, -0.1) is 6.58 Å². The molecule has 0 N–H and O–H groups in total. The molecule has 1 aromatic carbocycles. The fraction of sp³-hybridized carbons (Fsp3) is 0.615. The summed E-state index contributed by atoms with van der Waals surface area (Å²) in [5.41, 5.74) is 0. The SMILES string of the molecule is C=CC(CCC/C(=C\C1CCCCC1)[Si]c1ccccc1)O[Si](C)(C)C(C)(C)C. The third-order valence-corrected chi connectivity index (χ3v) is 12.5. The summed E-state index contributed by atoms with van der Waals surface area (Å²) >= 11 is 0. The molecule has 1 nitrogen and oxygen atoms in total. The van der Waals surface area contributed by atoms with E-state index in [2.05, 4.69) is 76.9 Å². The van der Waals surface area contributed by atoms with Gasteiger partial charge in [-0.2, -0.15) is 0 Å². The van der Waals surface area contributed by atoms with Gasteiger partial charge in [0.2, 0.25) is 0 Å². The zero-order valence-corrected chi connectivity index (χ0v) is 21.5. The molecule has 1 aliphatic rings. The van der Waals surface area contributed by atoms with E-state index >= 15 is 0 Å². The van der Waals surface area contributed by atoms with Gasteiger partial charge in [-0.25, -0.2) is 0 Å². The van der Waals surface area contributed by atoms with E-state index in [1.165, 1.54) is 50.1 Å². The molecule has 0 saturated heterocycles. The summed E-state index contributed by atoms with van der Waals surface area (Å²) < 4.78 is 6.61.